The number of hydrogen-bond donors (Lipinski definition) is 1. The van der Waals surface area contributed by atoms with Crippen LogP contribution in [0, 0.1) is 10.1 Å². The Labute approximate surface area is 109 Å². The lowest BCUT2D eigenvalue weighted by Gasteiger charge is -2.06. The highest BCUT2D eigenvalue weighted by atomic mass is 16.6. The normalized spacial score (nSPS) is 10.2. The second-order valence-electron chi connectivity index (χ2n) is 3.83. The summed E-state index contributed by atoms with van der Waals surface area (Å²) in [5.41, 5.74) is 0.638. The molecule has 100 valence electrons. The van der Waals surface area contributed by atoms with E-state index in [0.29, 0.717) is 18.1 Å². The van der Waals surface area contributed by atoms with E-state index in [-0.39, 0.29) is 11.4 Å². The Morgan fingerprint density at radius 1 is 1.53 bits per heavy atom. The first kappa shape index (κ1) is 12.8. The van der Waals surface area contributed by atoms with Crippen LogP contribution >= 0.6 is 0 Å². The van der Waals surface area contributed by atoms with Crippen molar-refractivity contribution >= 4 is 11.4 Å². The minimum Gasteiger partial charge on any atom is -0.490 e. The standard InChI is InChI=1S/C11H13N5O3/c1-15-7-13-11(14-15)6-12-8-3-4-9(16(17)18)10(5-8)19-2/h3-5,7,12H,6H2,1-2H3. The van der Waals surface area contributed by atoms with Gasteiger partial charge in [-0.2, -0.15) is 5.10 Å². The predicted octanol–water partition coefficient (Wildman–Crippen LogP) is 1.34. The van der Waals surface area contributed by atoms with Crippen molar-refractivity contribution in [2.45, 2.75) is 6.54 Å². The van der Waals surface area contributed by atoms with E-state index in [9.17, 15) is 10.1 Å². The first-order chi connectivity index (χ1) is 9.10. The smallest absolute Gasteiger partial charge is 0.311 e. The maximum atomic E-state index is 10.8. The zero-order chi connectivity index (χ0) is 13.8. The summed E-state index contributed by atoms with van der Waals surface area (Å²) < 4.78 is 6.59. The van der Waals surface area contributed by atoms with Gasteiger partial charge in [0.2, 0.25) is 0 Å². The van der Waals surface area contributed by atoms with Crippen molar-refractivity contribution in [1.82, 2.24) is 14.8 Å². The molecule has 1 aromatic heterocycles. The number of nitrogens with zero attached hydrogens (tertiary/aromatic N) is 4. The van der Waals surface area contributed by atoms with Crippen LogP contribution in [0.4, 0.5) is 11.4 Å². The van der Waals surface area contributed by atoms with Gasteiger partial charge in [0.25, 0.3) is 0 Å². The summed E-state index contributed by atoms with van der Waals surface area (Å²) in [6.07, 6.45) is 1.60. The third-order valence-corrected chi connectivity index (χ3v) is 2.47. The van der Waals surface area contributed by atoms with E-state index in [0.717, 1.165) is 0 Å². The summed E-state index contributed by atoms with van der Waals surface area (Å²) in [4.78, 5) is 14.3. The fourth-order valence-electron chi connectivity index (χ4n) is 1.58. The molecule has 0 unspecified atom stereocenters. The molecule has 1 N–H and O–H groups in total. The molecule has 0 spiro atoms. The Morgan fingerprint density at radius 3 is 2.89 bits per heavy atom. The van der Waals surface area contributed by atoms with Crippen molar-refractivity contribution < 1.29 is 9.66 Å². The second-order valence-corrected chi connectivity index (χ2v) is 3.83. The number of nitrogens with one attached hydrogen (secondary N) is 1. The predicted molar refractivity (Wildman–Crippen MR) is 68.0 cm³/mol. The monoisotopic (exact) mass is 263 g/mol. The number of nitro benzene ring substituents is 1. The number of methoxy groups -OCH3 is 1. The van der Waals surface area contributed by atoms with Crippen LogP contribution in [0.2, 0.25) is 0 Å². The average molecular weight is 263 g/mol. The molecule has 0 radical (unpaired) electrons. The molecule has 0 atom stereocenters. The minimum absolute atomic E-state index is 0.0657. The van der Waals surface area contributed by atoms with Gasteiger partial charge >= 0.3 is 5.69 Å². The van der Waals surface area contributed by atoms with E-state index in [1.54, 1.807) is 30.2 Å². The highest BCUT2D eigenvalue weighted by molar-refractivity contribution is 5.57. The van der Waals surface area contributed by atoms with Crippen LogP contribution in [0.25, 0.3) is 0 Å². The first-order valence-electron chi connectivity index (χ1n) is 5.51. The second kappa shape index (κ2) is 5.34. The molecule has 0 saturated heterocycles. The average Bonchev–Trinajstić information content (AvgIpc) is 2.81. The molecule has 0 bridgehead atoms. The Balaban J connectivity index is 2.11. The Hall–Kier alpha value is -2.64. The highest BCUT2D eigenvalue weighted by Gasteiger charge is 2.14. The quantitative estimate of drug-likeness (QED) is 0.646. The molecule has 0 aliphatic rings. The Morgan fingerprint density at radius 2 is 2.32 bits per heavy atom. The van der Waals surface area contributed by atoms with E-state index >= 15 is 0 Å². The van der Waals surface area contributed by atoms with Gasteiger partial charge in [0.15, 0.2) is 11.6 Å². The van der Waals surface area contributed by atoms with Crippen molar-refractivity contribution in [3.63, 3.8) is 0 Å². The van der Waals surface area contributed by atoms with Gasteiger partial charge in [-0.3, -0.25) is 14.8 Å². The third-order valence-electron chi connectivity index (χ3n) is 2.47. The highest BCUT2D eigenvalue weighted by Crippen LogP contribution is 2.29. The van der Waals surface area contributed by atoms with Gasteiger partial charge in [0.1, 0.15) is 6.33 Å². The molecule has 0 amide bonds. The molecule has 1 aromatic carbocycles. The zero-order valence-corrected chi connectivity index (χ0v) is 10.5. The molecule has 8 nitrogen and oxygen atoms in total. The molecule has 19 heavy (non-hydrogen) atoms. The van der Waals surface area contributed by atoms with Gasteiger partial charge in [0, 0.05) is 24.9 Å². The van der Waals surface area contributed by atoms with Gasteiger partial charge in [-0.15, -0.1) is 0 Å². The number of aryl methyl sites for hydroxylation is 1. The van der Waals surface area contributed by atoms with Gasteiger partial charge in [0.05, 0.1) is 18.6 Å². The maximum absolute atomic E-state index is 10.8. The lowest BCUT2D eigenvalue weighted by Crippen LogP contribution is -2.03. The zero-order valence-electron chi connectivity index (χ0n) is 10.5. The maximum Gasteiger partial charge on any atom is 0.311 e. The van der Waals surface area contributed by atoms with E-state index < -0.39 is 4.92 Å². The van der Waals surface area contributed by atoms with Crippen LogP contribution in [-0.2, 0) is 13.6 Å². The number of benzene rings is 1. The molecule has 2 rings (SSSR count). The summed E-state index contributed by atoms with van der Waals surface area (Å²) in [6.45, 7) is 0.432. The van der Waals surface area contributed by atoms with E-state index in [1.807, 2.05) is 0 Å². The van der Waals surface area contributed by atoms with Gasteiger partial charge in [-0.1, -0.05) is 0 Å². The van der Waals surface area contributed by atoms with Gasteiger partial charge < -0.3 is 10.1 Å². The van der Waals surface area contributed by atoms with Crippen LogP contribution in [0.15, 0.2) is 24.5 Å². The molecular weight excluding hydrogens is 250 g/mol. The number of hydrogen-bond acceptors (Lipinski definition) is 6. The van der Waals surface area contributed by atoms with Crippen LogP contribution in [0.3, 0.4) is 0 Å². The van der Waals surface area contributed by atoms with Crippen LogP contribution in [0.1, 0.15) is 5.82 Å². The largest absolute Gasteiger partial charge is 0.490 e. The molecule has 0 saturated carbocycles. The molecule has 0 fully saturated rings. The minimum atomic E-state index is -0.483. The molecule has 2 aromatic rings. The summed E-state index contributed by atoms with van der Waals surface area (Å²) in [7, 11) is 3.18. The van der Waals surface area contributed by atoms with Crippen LogP contribution in [-0.4, -0.2) is 26.8 Å². The number of rotatable bonds is 5. The van der Waals surface area contributed by atoms with Crippen LogP contribution in [0.5, 0.6) is 5.75 Å². The summed E-state index contributed by atoms with van der Waals surface area (Å²) in [6, 6.07) is 4.58. The van der Waals surface area contributed by atoms with Crippen molar-refractivity contribution in [3.8, 4) is 5.75 Å². The lowest BCUT2D eigenvalue weighted by molar-refractivity contribution is -0.385. The summed E-state index contributed by atoms with van der Waals surface area (Å²) in [5.74, 6) is 0.851. The third kappa shape index (κ3) is 2.97. The van der Waals surface area contributed by atoms with E-state index in [4.69, 9.17) is 4.74 Å². The number of aromatic nitrogens is 3. The van der Waals surface area contributed by atoms with Gasteiger partial charge in [-0.05, 0) is 6.07 Å². The molecule has 1 heterocycles. The fraction of sp³-hybridized carbons (Fsp3) is 0.273. The number of anilines is 1. The topological polar surface area (TPSA) is 95.1 Å². The Kier molecular flexibility index (Phi) is 3.60. The molecule has 0 aliphatic heterocycles. The number of nitro groups is 1. The molecular formula is C11H13N5O3. The van der Waals surface area contributed by atoms with Crippen LogP contribution < -0.4 is 10.1 Å². The summed E-state index contributed by atoms with van der Waals surface area (Å²) in [5, 5.41) is 17.9. The van der Waals surface area contributed by atoms with Crippen molar-refractivity contribution in [2.24, 2.45) is 7.05 Å². The molecule has 0 aliphatic carbocycles. The van der Waals surface area contributed by atoms with Crippen molar-refractivity contribution in [2.75, 3.05) is 12.4 Å². The fourth-order valence-corrected chi connectivity index (χ4v) is 1.58. The van der Waals surface area contributed by atoms with E-state index in [1.165, 1.54) is 13.2 Å². The number of ether oxygens (including phenoxy) is 1. The SMILES string of the molecule is COc1cc(NCc2ncn(C)n2)ccc1[N+](=O)[O-]. The van der Waals surface area contributed by atoms with Crippen molar-refractivity contribution in [3.05, 3.63) is 40.5 Å². The summed E-state index contributed by atoms with van der Waals surface area (Å²) >= 11 is 0. The van der Waals surface area contributed by atoms with E-state index in [2.05, 4.69) is 15.4 Å². The van der Waals surface area contributed by atoms with Gasteiger partial charge in [-0.25, -0.2) is 4.98 Å². The Bertz CT molecular complexity index is 596. The first-order valence-corrected chi connectivity index (χ1v) is 5.51. The molecule has 8 heteroatoms. The van der Waals surface area contributed by atoms with Crippen molar-refractivity contribution in [1.29, 1.82) is 0 Å². The lowest BCUT2D eigenvalue weighted by atomic mass is 10.2.